The van der Waals surface area contributed by atoms with E-state index >= 15 is 0 Å². The molecular formula is C11H15N5OS. The molecule has 1 amide bonds. The van der Waals surface area contributed by atoms with Gasteiger partial charge in [-0.25, -0.2) is 4.98 Å². The van der Waals surface area contributed by atoms with Gasteiger partial charge in [-0.3, -0.25) is 9.48 Å². The van der Waals surface area contributed by atoms with Crippen LogP contribution in [0.15, 0.2) is 11.6 Å². The molecule has 2 rings (SSSR count). The Labute approximate surface area is 109 Å². The van der Waals surface area contributed by atoms with Gasteiger partial charge in [0.1, 0.15) is 0 Å². The van der Waals surface area contributed by atoms with E-state index in [-0.39, 0.29) is 11.6 Å². The molecule has 0 fully saturated rings. The monoisotopic (exact) mass is 265 g/mol. The Kier molecular flexibility index (Phi) is 3.61. The number of carbonyl (C=O) groups is 1. The number of aromatic nitrogens is 3. The van der Waals surface area contributed by atoms with Gasteiger partial charge in [0, 0.05) is 31.6 Å². The van der Waals surface area contributed by atoms with Crippen molar-refractivity contribution in [3.63, 3.8) is 0 Å². The molecule has 0 spiro atoms. The van der Waals surface area contributed by atoms with E-state index in [1.807, 2.05) is 12.3 Å². The number of hydrogen-bond acceptors (Lipinski definition) is 5. The minimum atomic E-state index is -0.250. The van der Waals surface area contributed by atoms with Gasteiger partial charge < -0.3 is 11.1 Å². The van der Waals surface area contributed by atoms with Crippen molar-refractivity contribution >= 4 is 22.9 Å². The zero-order chi connectivity index (χ0) is 13.1. The van der Waals surface area contributed by atoms with Crippen LogP contribution >= 0.6 is 11.3 Å². The molecule has 2 aromatic rings. The topological polar surface area (TPSA) is 85.8 Å². The Balaban J connectivity index is 1.87. The largest absolute Gasteiger partial charge is 0.396 e. The van der Waals surface area contributed by atoms with E-state index in [4.69, 9.17) is 5.73 Å². The van der Waals surface area contributed by atoms with Crippen LogP contribution in [0.1, 0.15) is 21.2 Å². The average Bonchev–Trinajstić information content (AvgIpc) is 2.85. The van der Waals surface area contributed by atoms with Gasteiger partial charge in [0.15, 0.2) is 5.69 Å². The molecule has 0 aliphatic rings. The van der Waals surface area contributed by atoms with Crippen LogP contribution in [0.25, 0.3) is 0 Å². The predicted molar refractivity (Wildman–Crippen MR) is 70.5 cm³/mol. The number of nitrogens with two attached hydrogens (primary N) is 1. The first-order chi connectivity index (χ1) is 8.56. The van der Waals surface area contributed by atoms with E-state index in [0.29, 0.717) is 18.7 Å². The van der Waals surface area contributed by atoms with Gasteiger partial charge in [0.25, 0.3) is 5.91 Å². The third-order valence-corrected chi connectivity index (χ3v) is 3.23. The molecule has 3 N–H and O–H groups in total. The first-order valence-electron chi connectivity index (χ1n) is 5.54. The molecule has 18 heavy (non-hydrogen) atoms. The lowest BCUT2D eigenvalue weighted by atomic mass is 10.3. The molecule has 0 aliphatic heterocycles. The number of rotatable bonds is 4. The molecule has 0 bridgehead atoms. The highest BCUT2D eigenvalue weighted by molar-refractivity contribution is 7.09. The van der Waals surface area contributed by atoms with E-state index < -0.39 is 0 Å². The van der Waals surface area contributed by atoms with Crippen LogP contribution in [-0.4, -0.2) is 27.2 Å². The summed E-state index contributed by atoms with van der Waals surface area (Å²) in [5.41, 5.74) is 7.32. The van der Waals surface area contributed by atoms with Crippen LogP contribution in [-0.2, 0) is 13.5 Å². The highest BCUT2D eigenvalue weighted by atomic mass is 32.1. The second-order valence-electron chi connectivity index (χ2n) is 3.97. The maximum absolute atomic E-state index is 11.8. The Hall–Kier alpha value is -1.89. The summed E-state index contributed by atoms with van der Waals surface area (Å²) >= 11 is 1.61. The van der Waals surface area contributed by atoms with Gasteiger partial charge >= 0.3 is 0 Å². The van der Waals surface area contributed by atoms with Crippen LogP contribution in [0.2, 0.25) is 0 Å². The summed E-state index contributed by atoms with van der Waals surface area (Å²) in [6.07, 6.45) is 2.32. The minimum Gasteiger partial charge on any atom is -0.396 e. The lowest BCUT2D eigenvalue weighted by Crippen LogP contribution is -2.27. The van der Waals surface area contributed by atoms with E-state index in [2.05, 4.69) is 15.4 Å². The number of thiazole rings is 1. The van der Waals surface area contributed by atoms with Gasteiger partial charge in [0.05, 0.1) is 16.4 Å². The summed E-state index contributed by atoms with van der Waals surface area (Å²) in [7, 11) is 1.73. The summed E-state index contributed by atoms with van der Waals surface area (Å²) < 4.78 is 1.52. The van der Waals surface area contributed by atoms with Crippen LogP contribution in [0.4, 0.5) is 5.69 Å². The molecular weight excluding hydrogens is 250 g/mol. The molecule has 2 aromatic heterocycles. The lowest BCUT2D eigenvalue weighted by Gasteiger charge is -2.02. The van der Waals surface area contributed by atoms with Crippen molar-refractivity contribution in [3.05, 3.63) is 28.0 Å². The Morgan fingerprint density at radius 2 is 2.39 bits per heavy atom. The SMILES string of the molecule is Cc1nc(CCNC(=O)c2nn(C)cc2N)cs1. The third kappa shape index (κ3) is 2.86. The second kappa shape index (κ2) is 5.18. The van der Waals surface area contributed by atoms with E-state index in [0.717, 1.165) is 10.7 Å². The molecule has 6 nitrogen and oxygen atoms in total. The second-order valence-corrected chi connectivity index (χ2v) is 5.03. The molecule has 0 aromatic carbocycles. The summed E-state index contributed by atoms with van der Waals surface area (Å²) in [6.45, 7) is 2.49. The number of amides is 1. The fourth-order valence-electron chi connectivity index (χ4n) is 1.59. The molecule has 2 heterocycles. The molecule has 0 aliphatic carbocycles. The van der Waals surface area contributed by atoms with Crippen molar-refractivity contribution in [2.24, 2.45) is 7.05 Å². The van der Waals surface area contributed by atoms with Crippen LogP contribution in [0.5, 0.6) is 0 Å². The molecule has 0 unspecified atom stereocenters. The molecule has 0 radical (unpaired) electrons. The fraction of sp³-hybridized carbons (Fsp3) is 0.364. The van der Waals surface area contributed by atoms with Gasteiger partial charge in [-0.2, -0.15) is 5.10 Å². The maximum atomic E-state index is 11.8. The van der Waals surface area contributed by atoms with Crippen molar-refractivity contribution in [1.29, 1.82) is 0 Å². The average molecular weight is 265 g/mol. The van der Waals surface area contributed by atoms with Gasteiger partial charge in [-0.15, -0.1) is 11.3 Å². The van der Waals surface area contributed by atoms with Crippen molar-refractivity contribution in [2.75, 3.05) is 12.3 Å². The Morgan fingerprint density at radius 3 is 2.94 bits per heavy atom. The van der Waals surface area contributed by atoms with Crippen molar-refractivity contribution in [1.82, 2.24) is 20.1 Å². The molecule has 0 saturated heterocycles. The third-order valence-electron chi connectivity index (χ3n) is 2.41. The number of aryl methyl sites for hydroxylation is 2. The number of nitrogens with zero attached hydrogens (tertiary/aromatic N) is 3. The first kappa shape index (κ1) is 12.6. The van der Waals surface area contributed by atoms with Gasteiger partial charge in [-0.1, -0.05) is 0 Å². The first-order valence-corrected chi connectivity index (χ1v) is 6.42. The quantitative estimate of drug-likeness (QED) is 0.853. The van der Waals surface area contributed by atoms with Crippen LogP contribution < -0.4 is 11.1 Å². The Morgan fingerprint density at radius 1 is 1.61 bits per heavy atom. The lowest BCUT2D eigenvalue weighted by molar-refractivity contribution is 0.0949. The standard InChI is InChI=1S/C11H15N5OS/c1-7-14-8(6-18-7)3-4-13-11(17)10-9(12)5-16(2)15-10/h5-6H,3-4,12H2,1-2H3,(H,13,17). The summed E-state index contributed by atoms with van der Waals surface area (Å²) in [5, 5.41) is 9.82. The highest BCUT2D eigenvalue weighted by Gasteiger charge is 2.13. The predicted octanol–water partition coefficient (Wildman–Crippen LogP) is 0.740. The van der Waals surface area contributed by atoms with Crippen molar-refractivity contribution in [3.8, 4) is 0 Å². The summed E-state index contributed by atoms with van der Waals surface area (Å²) in [6, 6.07) is 0. The highest BCUT2D eigenvalue weighted by Crippen LogP contribution is 2.09. The molecule has 0 atom stereocenters. The fourth-order valence-corrected chi connectivity index (χ4v) is 2.24. The zero-order valence-electron chi connectivity index (χ0n) is 10.3. The van der Waals surface area contributed by atoms with Crippen LogP contribution in [0.3, 0.4) is 0 Å². The van der Waals surface area contributed by atoms with Crippen LogP contribution in [0, 0.1) is 6.92 Å². The number of nitrogen functional groups attached to an aromatic ring is 1. The van der Waals surface area contributed by atoms with E-state index in [1.54, 1.807) is 24.6 Å². The minimum absolute atomic E-state index is 0.250. The number of carbonyl (C=O) groups excluding carboxylic acids is 1. The summed E-state index contributed by atoms with van der Waals surface area (Å²) in [4.78, 5) is 16.1. The summed E-state index contributed by atoms with van der Waals surface area (Å²) in [5.74, 6) is -0.250. The normalized spacial score (nSPS) is 10.6. The number of anilines is 1. The van der Waals surface area contributed by atoms with Crippen molar-refractivity contribution in [2.45, 2.75) is 13.3 Å². The maximum Gasteiger partial charge on any atom is 0.273 e. The number of nitrogens with one attached hydrogen (secondary N) is 1. The molecule has 0 saturated carbocycles. The van der Waals surface area contributed by atoms with Gasteiger partial charge in [0.2, 0.25) is 0 Å². The molecule has 96 valence electrons. The van der Waals surface area contributed by atoms with E-state index in [1.165, 1.54) is 4.68 Å². The number of hydrogen-bond donors (Lipinski definition) is 2. The van der Waals surface area contributed by atoms with Gasteiger partial charge in [-0.05, 0) is 6.92 Å². The molecule has 7 heteroatoms. The van der Waals surface area contributed by atoms with E-state index in [9.17, 15) is 4.79 Å². The zero-order valence-corrected chi connectivity index (χ0v) is 11.1. The smallest absolute Gasteiger partial charge is 0.273 e. The van der Waals surface area contributed by atoms with Crippen molar-refractivity contribution < 1.29 is 4.79 Å². The Bertz CT molecular complexity index is 560.